The fourth-order valence-corrected chi connectivity index (χ4v) is 3.46. The number of pyridine rings is 2. The third-order valence-electron chi connectivity index (χ3n) is 4.42. The molecule has 0 atom stereocenters. The van der Waals surface area contributed by atoms with E-state index in [1.54, 1.807) is 0 Å². The first-order chi connectivity index (χ1) is 11.4. The fraction of sp³-hybridized carbons (Fsp3) is 0.316. The van der Waals surface area contributed by atoms with E-state index in [2.05, 4.69) is 72.5 Å². The van der Waals surface area contributed by atoms with Crippen molar-refractivity contribution in [2.75, 3.05) is 0 Å². The van der Waals surface area contributed by atoms with Gasteiger partial charge in [0.05, 0.1) is 17.1 Å². The van der Waals surface area contributed by atoms with Gasteiger partial charge in [0.25, 0.3) is 0 Å². The van der Waals surface area contributed by atoms with Gasteiger partial charge in [0, 0.05) is 23.1 Å². The van der Waals surface area contributed by atoms with Crippen LogP contribution in [-0.4, -0.2) is 19.7 Å². The average molecular weight is 432 g/mol. The zero-order chi connectivity index (χ0) is 17.4. The second-order valence-corrected chi connectivity index (χ2v) is 7.19. The van der Waals surface area contributed by atoms with E-state index in [-0.39, 0.29) is 0 Å². The van der Waals surface area contributed by atoms with Crippen molar-refractivity contribution in [1.29, 1.82) is 0 Å². The van der Waals surface area contributed by atoms with Crippen LogP contribution < -0.4 is 0 Å². The molecule has 0 saturated carbocycles. The number of aryl methyl sites for hydroxylation is 3. The number of nitrogens with zero attached hydrogens (tertiary/aromatic N) is 4. The Labute approximate surface area is 156 Å². The van der Waals surface area contributed by atoms with E-state index in [9.17, 15) is 0 Å². The second-order valence-electron chi connectivity index (χ2n) is 6.08. The van der Waals surface area contributed by atoms with Gasteiger partial charge in [-0.3, -0.25) is 9.97 Å². The highest BCUT2D eigenvalue weighted by Crippen LogP contribution is 2.29. The van der Waals surface area contributed by atoms with E-state index < -0.39 is 0 Å². The third kappa shape index (κ3) is 2.97. The number of hydrogen-bond donors (Lipinski definition) is 0. The Hall–Kier alpha value is -1.76. The first-order valence-corrected chi connectivity index (χ1v) is 9.15. The highest BCUT2D eigenvalue weighted by Gasteiger charge is 2.17. The first-order valence-electron chi connectivity index (χ1n) is 8.08. The lowest BCUT2D eigenvalue weighted by Gasteiger charge is -2.15. The maximum absolute atomic E-state index is 4.79. The molecule has 0 N–H and O–H groups in total. The van der Waals surface area contributed by atoms with Crippen LogP contribution >= 0.6 is 22.6 Å². The highest BCUT2D eigenvalue weighted by molar-refractivity contribution is 14.1. The van der Waals surface area contributed by atoms with Crippen molar-refractivity contribution in [2.24, 2.45) is 0 Å². The summed E-state index contributed by atoms with van der Waals surface area (Å²) in [5, 5.41) is 4.68. The summed E-state index contributed by atoms with van der Waals surface area (Å²) in [4.78, 5) is 9.39. The summed E-state index contributed by atoms with van der Waals surface area (Å²) in [6.45, 7) is 10.5. The molecule has 0 bridgehead atoms. The zero-order valence-electron chi connectivity index (χ0n) is 14.7. The van der Waals surface area contributed by atoms with Crippen molar-refractivity contribution in [3.8, 4) is 17.1 Å². The van der Waals surface area contributed by atoms with Gasteiger partial charge in [-0.05, 0) is 86.0 Å². The summed E-state index contributed by atoms with van der Waals surface area (Å²) in [6.07, 6.45) is 2.79. The van der Waals surface area contributed by atoms with Gasteiger partial charge in [0.2, 0.25) is 0 Å². The van der Waals surface area contributed by atoms with Crippen LogP contribution in [0.1, 0.15) is 35.0 Å². The molecule has 0 fully saturated rings. The number of rotatable bonds is 3. The first kappa shape index (κ1) is 17.1. The van der Waals surface area contributed by atoms with E-state index in [0.717, 1.165) is 38.5 Å². The van der Waals surface area contributed by atoms with E-state index >= 15 is 0 Å². The largest absolute Gasteiger partial charge is 0.254 e. The lowest BCUT2D eigenvalue weighted by Crippen LogP contribution is -2.07. The molecule has 124 valence electrons. The summed E-state index contributed by atoms with van der Waals surface area (Å²) in [5.41, 5.74) is 8.67. The normalized spacial score (nSPS) is 11.1. The monoisotopic (exact) mass is 432 g/mol. The van der Waals surface area contributed by atoms with Crippen molar-refractivity contribution >= 4 is 22.6 Å². The summed E-state index contributed by atoms with van der Waals surface area (Å²) in [7, 11) is 0. The molecule has 0 aromatic carbocycles. The van der Waals surface area contributed by atoms with Gasteiger partial charge in [0.1, 0.15) is 3.70 Å². The standard InChI is InChI=1S/C19H21IN4/c1-6-15-10-17(20)23-24(15)16-9-12(3)22-19(14(16)5)18-13(4)11(2)7-8-21-18/h7-10H,6H2,1-5H3. The van der Waals surface area contributed by atoms with Gasteiger partial charge in [-0.15, -0.1) is 0 Å². The van der Waals surface area contributed by atoms with Crippen LogP contribution in [0.25, 0.3) is 17.1 Å². The maximum Gasteiger partial charge on any atom is 0.124 e. The minimum Gasteiger partial charge on any atom is -0.254 e. The number of halogens is 1. The molecule has 5 heteroatoms. The maximum atomic E-state index is 4.79. The molecule has 0 radical (unpaired) electrons. The summed E-state index contributed by atoms with van der Waals surface area (Å²) in [5.74, 6) is 0. The van der Waals surface area contributed by atoms with Crippen LogP contribution in [0.2, 0.25) is 0 Å². The topological polar surface area (TPSA) is 43.6 Å². The van der Waals surface area contributed by atoms with Crippen molar-refractivity contribution in [2.45, 2.75) is 41.0 Å². The van der Waals surface area contributed by atoms with E-state index in [4.69, 9.17) is 4.98 Å². The van der Waals surface area contributed by atoms with Crippen molar-refractivity contribution < 1.29 is 0 Å². The molecule has 3 heterocycles. The van der Waals surface area contributed by atoms with Crippen LogP contribution in [0, 0.1) is 31.4 Å². The van der Waals surface area contributed by atoms with Crippen LogP contribution in [0.4, 0.5) is 0 Å². The van der Waals surface area contributed by atoms with Crippen LogP contribution in [0.5, 0.6) is 0 Å². The Kier molecular flexibility index (Phi) is 4.71. The Morgan fingerprint density at radius 2 is 1.79 bits per heavy atom. The fourth-order valence-electron chi connectivity index (χ4n) is 2.89. The summed E-state index contributed by atoms with van der Waals surface area (Å²) in [6, 6.07) is 6.27. The minimum atomic E-state index is 0.938. The Balaban J connectivity index is 2.28. The zero-order valence-corrected chi connectivity index (χ0v) is 16.8. The molecular weight excluding hydrogens is 411 g/mol. The number of aromatic nitrogens is 4. The van der Waals surface area contributed by atoms with Crippen LogP contribution in [-0.2, 0) is 6.42 Å². The molecule has 0 amide bonds. The Morgan fingerprint density at radius 1 is 1.04 bits per heavy atom. The Morgan fingerprint density at radius 3 is 2.50 bits per heavy atom. The lowest BCUT2D eigenvalue weighted by atomic mass is 10.0. The third-order valence-corrected chi connectivity index (χ3v) is 4.94. The SMILES string of the molecule is CCc1cc(I)nn1-c1cc(C)nc(-c2nccc(C)c2C)c1C. The molecular formula is C19H21IN4. The van der Waals surface area contributed by atoms with E-state index in [0.29, 0.717) is 0 Å². The van der Waals surface area contributed by atoms with Crippen molar-refractivity contribution in [1.82, 2.24) is 19.7 Å². The van der Waals surface area contributed by atoms with Gasteiger partial charge in [-0.1, -0.05) is 6.92 Å². The summed E-state index contributed by atoms with van der Waals surface area (Å²) < 4.78 is 3.05. The molecule has 0 aliphatic rings. The molecule has 4 nitrogen and oxygen atoms in total. The lowest BCUT2D eigenvalue weighted by molar-refractivity contribution is 0.799. The van der Waals surface area contributed by atoms with Gasteiger partial charge in [-0.25, -0.2) is 4.68 Å². The minimum absolute atomic E-state index is 0.938. The van der Waals surface area contributed by atoms with Gasteiger partial charge >= 0.3 is 0 Å². The summed E-state index contributed by atoms with van der Waals surface area (Å²) >= 11 is 2.27. The van der Waals surface area contributed by atoms with Crippen molar-refractivity contribution in [3.05, 3.63) is 56.2 Å². The predicted octanol–water partition coefficient (Wildman–Crippen LogP) is 4.73. The highest BCUT2D eigenvalue weighted by atomic mass is 127. The molecule has 0 spiro atoms. The molecule has 3 rings (SSSR count). The quantitative estimate of drug-likeness (QED) is 0.563. The molecule has 0 aliphatic heterocycles. The van der Waals surface area contributed by atoms with E-state index in [1.807, 2.05) is 23.9 Å². The van der Waals surface area contributed by atoms with Gasteiger partial charge in [-0.2, -0.15) is 5.10 Å². The van der Waals surface area contributed by atoms with E-state index in [1.165, 1.54) is 16.8 Å². The van der Waals surface area contributed by atoms with Gasteiger partial charge < -0.3 is 0 Å². The predicted molar refractivity (Wildman–Crippen MR) is 106 cm³/mol. The molecule has 0 aliphatic carbocycles. The van der Waals surface area contributed by atoms with Gasteiger partial charge in [0.15, 0.2) is 0 Å². The average Bonchev–Trinajstić information content (AvgIpc) is 2.93. The number of hydrogen-bond acceptors (Lipinski definition) is 3. The second kappa shape index (κ2) is 6.63. The molecule has 24 heavy (non-hydrogen) atoms. The molecule has 0 unspecified atom stereocenters. The van der Waals surface area contributed by atoms with Crippen molar-refractivity contribution in [3.63, 3.8) is 0 Å². The van der Waals surface area contributed by atoms with Crippen LogP contribution in [0.15, 0.2) is 24.4 Å². The smallest absolute Gasteiger partial charge is 0.124 e. The molecule has 3 aromatic rings. The molecule has 3 aromatic heterocycles. The molecule has 0 saturated heterocycles. The van der Waals surface area contributed by atoms with Crippen LogP contribution in [0.3, 0.4) is 0 Å². The Bertz CT molecular complexity index is 912.